The fourth-order valence-electron chi connectivity index (χ4n) is 1.65. The normalized spacial score (nSPS) is 21.0. The van der Waals surface area contributed by atoms with Gasteiger partial charge in [-0.25, -0.2) is 8.78 Å². The lowest BCUT2D eigenvalue weighted by Gasteiger charge is -2.05. The van der Waals surface area contributed by atoms with E-state index >= 15 is 0 Å². The highest BCUT2D eigenvalue weighted by Gasteiger charge is 2.23. The molecule has 0 aromatic heterocycles. The summed E-state index contributed by atoms with van der Waals surface area (Å²) >= 11 is 1.52. The predicted molar refractivity (Wildman–Crippen MR) is 56.1 cm³/mol. The van der Waals surface area contributed by atoms with Crippen LogP contribution in [0.4, 0.5) is 8.78 Å². The minimum atomic E-state index is -0.681. The van der Waals surface area contributed by atoms with Gasteiger partial charge in [-0.05, 0) is 6.07 Å². The van der Waals surface area contributed by atoms with Gasteiger partial charge in [0.1, 0.15) is 11.6 Å². The number of fused-ring (bicyclic) bond motifs is 1. The van der Waals surface area contributed by atoms with E-state index in [4.69, 9.17) is 0 Å². The Hall–Kier alpha value is -0.900. The summed E-state index contributed by atoms with van der Waals surface area (Å²) in [4.78, 5) is 11.7. The molecule has 0 spiro atoms. The van der Waals surface area contributed by atoms with Gasteiger partial charge in [0.15, 0.2) is 5.78 Å². The van der Waals surface area contributed by atoms with Gasteiger partial charge >= 0.3 is 0 Å². The third kappa shape index (κ3) is 2.04. The SMILES string of the molecule is CC1CC(=O)c2cc(F)cc(F)c2CS1. The molecular formula is C11H10F2OS. The lowest BCUT2D eigenvalue weighted by atomic mass is 10.0. The first-order valence-corrected chi connectivity index (χ1v) is 5.75. The fourth-order valence-corrected chi connectivity index (χ4v) is 2.67. The van der Waals surface area contributed by atoms with Crippen LogP contribution < -0.4 is 0 Å². The predicted octanol–water partition coefficient (Wildman–Crippen LogP) is 3.17. The van der Waals surface area contributed by atoms with Crippen LogP contribution in [0.25, 0.3) is 0 Å². The zero-order valence-corrected chi connectivity index (χ0v) is 9.04. The minimum absolute atomic E-state index is 0.160. The third-order valence-electron chi connectivity index (χ3n) is 2.45. The number of halogens is 2. The smallest absolute Gasteiger partial charge is 0.164 e. The van der Waals surface area contributed by atoms with E-state index in [1.807, 2.05) is 6.92 Å². The molecule has 15 heavy (non-hydrogen) atoms. The van der Waals surface area contributed by atoms with E-state index in [9.17, 15) is 13.6 Å². The molecule has 1 heterocycles. The number of ketones is 1. The fraction of sp³-hybridized carbons (Fsp3) is 0.364. The summed E-state index contributed by atoms with van der Waals surface area (Å²) in [5.74, 6) is -1.02. The van der Waals surface area contributed by atoms with Gasteiger partial charge in [0, 0.05) is 34.6 Å². The van der Waals surface area contributed by atoms with Gasteiger partial charge in [-0.3, -0.25) is 4.79 Å². The van der Waals surface area contributed by atoms with Crippen molar-refractivity contribution in [2.24, 2.45) is 0 Å². The van der Waals surface area contributed by atoms with Gasteiger partial charge in [-0.2, -0.15) is 11.8 Å². The first-order valence-electron chi connectivity index (χ1n) is 4.70. The number of hydrogen-bond acceptors (Lipinski definition) is 2. The van der Waals surface area contributed by atoms with E-state index in [0.29, 0.717) is 17.7 Å². The van der Waals surface area contributed by atoms with Crippen molar-refractivity contribution < 1.29 is 13.6 Å². The average Bonchev–Trinajstić information content (AvgIpc) is 2.27. The van der Waals surface area contributed by atoms with Crippen molar-refractivity contribution in [3.05, 3.63) is 34.9 Å². The standard InChI is InChI=1S/C11H10F2OS/c1-6-2-11(14)8-3-7(12)4-10(13)9(8)5-15-6/h3-4,6H,2,5H2,1H3. The highest BCUT2D eigenvalue weighted by Crippen LogP contribution is 2.30. The molecule has 80 valence electrons. The quantitative estimate of drug-likeness (QED) is 0.678. The van der Waals surface area contributed by atoms with E-state index in [1.165, 1.54) is 11.8 Å². The van der Waals surface area contributed by atoms with Crippen molar-refractivity contribution in [3.8, 4) is 0 Å². The van der Waals surface area contributed by atoms with Crippen LogP contribution in [0, 0.1) is 11.6 Å². The van der Waals surface area contributed by atoms with E-state index in [0.717, 1.165) is 12.1 Å². The zero-order valence-electron chi connectivity index (χ0n) is 8.22. The van der Waals surface area contributed by atoms with Crippen LogP contribution in [0.2, 0.25) is 0 Å². The molecule has 1 aliphatic heterocycles. The van der Waals surface area contributed by atoms with Crippen LogP contribution in [0.15, 0.2) is 12.1 Å². The van der Waals surface area contributed by atoms with Crippen molar-refractivity contribution in [1.82, 2.24) is 0 Å². The highest BCUT2D eigenvalue weighted by atomic mass is 32.2. The summed E-state index contributed by atoms with van der Waals surface area (Å²) in [5.41, 5.74) is 0.556. The summed E-state index contributed by atoms with van der Waals surface area (Å²) < 4.78 is 26.4. The number of thioether (sulfide) groups is 1. The number of carbonyl (C=O) groups is 1. The van der Waals surface area contributed by atoms with Crippen LogP contribution in [-0.2, 0) is 5.75 Å². The molecule has 1 nitrogen and oxygen atoms in total. The summed E-state index contributed by atoms with van der Waals surface area (Å²) in [7, 11) is 0. The monoisotopic (exact) mass is 228 g/mol. The lowest BCUT2D eigenvalue weighted by molar-refractivity contribution is 0.0982. The Labute approximate surface area is 90.9 Å². The molecule has 0 N–H and O–H groups in total. The Kier molecular flexibility index (Phi) is 2.78. The first kappa shape index (κ1) is 10.6. The minimum Gasteiger partial charge on any atom is -0.294 e. The Morgan fingerprint density at radius 2 is 2.13 bits per heavy atom. The first-order chi connectivity index (χ1) is 7.08. The molecule has 0 bridgehead atoms. The summed E-state index contributed by atoms with van der Waals surface area (Å²) in [6.45, 7) is 1.92. The molecule has 0 saturated heterocycles. The summed E-state index contributed by atoms with van der Waals surface area (Å²) in [5, 5.41) is 0.160. The van der Waals surface area contributed by atoms with Crippen molar-refractivity contribution in [1.29, 1.82) is 0 Å². The molecule has 1 aromatic carbocycles. The van der Waals surface area contributed by atoms with Gasteiger partial charge in [-0.15, -0.1) is 0 Å². The van der Waals surface area contributed by atoms with Crippen LogP contribution >= 0.6 is 11.8 Å². The van der Waals surface area contributed by atoms with E-state index < -0.39 is 11.6 Å². The average molecular weight is 228 g/mol. The van der Waals surface area contributed by atoms with Gasteiger partial charge in [0.25, 0.3) is 0 Å². The second-order valence-corrected chi connectivity index (χ2v) is 5.09. The van der Waals surface area contributed by atoms with Crippen LogP contribution in [-0.4, -0.2) is 11.0 Å². The maximum absolute atomic E-state index is 13.4. The van der Waals surface area contributed by atoms with E-state index in [2.05, 4.69) is 0 Å². The molecule has 4 heteroatoms. The summed E-state index contributed by atoms with van der Waals surface area (Å²) in [6, 6.07) is 1.97. The molecule has 0 saturated carbocycles. The molecule has 0 amide bonds. The maximum atomic E-state index is 13.4. The van der Waals surface area contributed by atoms with Crippen LogP contribution in [0.5, 0.6) is 0 Å². The highest BCUT2D eigenvalue weighted by molar-refractivity contribution is 7.99. The molecule has 1 atom stereocenters. The molecule has 0 aliphatic carbocycles. The van der Waals surface area contributed by atoms with Crippen LogP contribution in [0.3, 0.4) is 0 Å². The number of Topliss-reactive ketones (excluding diaryl/α,β-unsaturated/α-hetero) is 1. The van der Waals surface area contributed by atoms with Crippen molar-refractivity contribution in [3.63, 3.8) is 0 Å². The second kappa shape index (κ2) is 3.93. The largest absolute Gasteiger partial charge is 0.294 e. The van der Waals surface area contributed by atoms with E-state index in [-0.39, 0.29) is 16.6 Å². The molecule has 0 fully saturated rings. The number of carbonyl (C=O) groups excluding carboxylic acids is 1. The van der Waals surface area contributed by atoms with Crippen molar-refractivity contribution in [2.45, 2.75) is 24.3 Å². The number of benzene rings is 1. The summed E-state index contributed by atoms with van der Waals surface area (Å²) in [6.07, 6.45) is 0.348. The molecule has 0 radical (unpaired) electrons. The molecule has 1 aromatic rings. The molecular weight excluding hydrogens is 218 g/mol. The Morgan fingerprint density at radius 1 is 1.40 bits per heavy atom. The van der Waals surface area contributed by atoms with Gasteiger partial charge < -0.3 is 0 Å². The zero-order chi connectivity index (χ0) is 11.0. The second-order valence-electron chi connectivity index (χ2n) is 3.66. The Morgan fingerprint density at radius 3 is 2.87 bits per heavy atom. The van der Waals surface area contributed by atoms with Gasteiger partial charge in [-0.1, -0.05) is 6.92 Å². The van der Waals surface area contributed by atoms with Crippen LogP contribution in [0.1, 0.15) is 29.3 Å². The maximum Gasteiger partial charge on any atom is 0.164 e. The number of hydrogen-bond donors (Lipinski definition) is 0. The number of rotatable bonds is 0. The third-order valence-corrected chi connectivity index (χ3v) is 3.64. The van der Waals surface area contributed by atoms with Crippen molar-refractivity contribution >= 4 is 17.5 Å². The Bertz CT molecular complexity index is 417. The topological polar surface area (TPSA) is 17.1 Å². The lowest BCUT2D eigenvalue weighted by Crippen LogP contribution is -2.06. The molecule has 2 rings (SSSR count). The van der Waals surface area contributed by atoms with Gasteiger partial charge in [0.05, 0.1) is 0 Å². The van der Waals surface area contributed by atoms with E-state index in [1.54, 1.807) is 0 Å². The Balaban J connectivity index is 2.53. The molecule has 1 unspecified atom stereocenters. The van der Waals surface area contributed by atoms with Gasteiger partial charge in [0.2, 0.25) is 0 Å². The van der Waals surface area contributed by atoms with Crippen molar-refractivity contribution in [2.75, 3.05) is 0 Å². The molecule has 1 aliphatic rings.